The zero-order valence-corrected chi connectivity index (χ0v) is 15.1. The van der Waals surface area contributed by atoms with Crippen LogP contribution < -0.4 is 16.9 Å². The molecule has 0 bridgehead atoms. The maximum Gasteiger partial charge on any atom is 0.250 e. The van der Waals surface area contributed by atoms with E-state index in [4.69, 9.17) is 16.4 Å². The third kappa shape index (κ3) is 3.79. The molecule has 1 aliphatic rings. The third-order valence-electron chi connectivity index (χ3n) is 4.43. The monoisotopic (exact) mass is 401 g/mol. The lowest BCUT2D eigenvalue weighted by molar-refractivity contribution is -0.112. The van der Waals surface area contributed by atoms with Crippen molar-refractivity contribution in [1.29, 1.82) is 0 Å². The Morgan fingerprint density at radius 2 is 2.38 bits per heavy atom. The summed E-state index contributed by atoms with van der Waals surface area (Å²) in [6, 6.07) is 0. The van der Waals surface area contributed by atoms with E-state index in [0.717, 1.165) is 0 Å². The van der Waals surface area contributed by atoms with Crippen LogP contribution in [-0.2, 0) is 14.4 Å². The van der Waals surface area contributed by atoms with Crippen molar-refractivity contribution in [2.45, 2.75) is 24.9 Å². The van der Waals surface area contributed by atoms with Gasteiger partial charge in [0.15, 0.2) is 17.0 Å². The number of nitrogens with two attached hydrogens (primary N) is 2. The zero-order chi connectivity index (χ0) is 20.4. The predicted molar refractivity (Wildman–Crippen MR) is 101 cm³/mol. The molecule has 1 fully saturated rings. The average Bonchev–Trinajstić information content (AvgIpc) is 3.40. The van der Waals surface area contributed by atoms with Gasteiger partial charge in [-0.2, -0.15) is 0 Å². The molecule has 0 saturated carbocycles. The molecule has 3 aromatic rings. The van der Waals surface area contributed by atoms with Crippen LogP contribution in [0.1, 0.15) is 18.3 Å². The number of carbonyl (C=O) groups excluding carboxylic acids is 1. The molecule has 29 heavy (non-hydrogen) atoms. The second-order valence-corrected chi connectivity index (χ2v) is 6.33. The molecule has 3 aromatic heterocycles. The lowest BCUT2D eigenvalue weighted by atomic mass is 10.2. The highest BCUT2D eigenvalue weighted by atomic mass is 16.6. The SMILES string of the molecule is NOCC1OC(n2c(NC(=O)/C=C/c3cnc[nH]3)nc3c(N)ncnc32)CC1O. The highest BCUT2D eigenvalue weighted by molar-refractivity contribution is 6.01. The Labute approximate surface area is 163 Å². The van der Waals surface area contributed by atoms with Crippen LogP contribution in [0.25, 0.3) is 17.2 Å². The number of hydrogen-bond donors (Lipinski definition) is 5. The fraction of sp³-hybridized carbons (Fsp3) is 0.312. The van der Waals surface area contributed by atoms with E-state index in [2.05, 4.69) is 35.1 Å². The summed E-state index contributed by atoms with van der Waals surface area (Å²) in [7, 11) is 0. The molecule has 4 rings (SSSR count). The fourth-order valence-electron chi connectivity index (χ4n) is 3.08. The molecule has 1 amide bonds. The number of aliphatic hydroxyl groups excluding tert-OH is 1. The van der Waals surface area contributed by atoms with Gasteiger partial charge in [0, 0.05) is 12.5 Å². The van der Waals surface area contributed by atoms with Crippen molar-refractivity contribution in [2.24, 2.45) is 5.90 Å². The number of fused-ring (bicyclic) bond motifs is 1. The van der Waals surface area contributed by atoms with Crippen LogP contribution >= 0.6 is 0 Å². The second-order valence-electron chi connectivity index (χ2n) is 6.33. The summed E-state index contributed by atoms with van der Waals surface area (Å²) < 4.78 is 7.38. The first-order valence-electron chi connectivity index (χ1n) is 8.68. The van der Waals surface area contributed by atoms with Gasteiger partial charge in [0.05, 0.1) is 30.9 Å². The number of anilines is 2. The zero-order valence-electron chi connectivity index (χ0n) is 15.1. The van der Waals surface area contributed by atoms with E-state index in [-0.39, 0.29) is 24.8 Å². The number of nitrogens with zero attached hydrogens (tertiary/aromatic N) is 5. The van der Waals surface area contributed by atoms with Crippen LogP contribution in [0.15, 0.2) is 24.9 Å². The summed E-state index contributed by atoms with van der Waals surface area (Å²) in [4.78, 5) is 36.2. The number of carbonyl (C=O) groups is 1. The molecule has 1 saturated heterocycles. The largest absolute Gasteiger partial charge is 0.390 e. The summed E-state index contributed by atoms with van der Waals surface area (Å²) in [5.74, 6) is 4.96. The molecule has 1 aliphatic heterocycles. The molecule has 7 N–H and O–H groups in total. The van der Waals surface area contributed by atoms with Gasteiger partial charge >= 0.3 is 0 Å². The van der Waals surface area contributed by atoms with Crippen molar-refractivity contribution in [3.8, 4) is 0 Å². The first-order chi connectivity index (χ1) is 14.1. The van der Waals surface area contributed by atoms with Crippen molar-refractivity contribution in [1.82, 2.24) is 29.5 Å². The molecule has 0 radical (unpaired) electrons. The molecule has 4 heterocycles. The molecule has 3 unspecified atom stereocenters. The van der Waals surface area contributed by atoms with E-state index in [1.807, 2.05) is 0 Å². The highest BCUT2D eigenvalue weighted by Gasteiger charge is 2.37. The Morgan fingerprint density at radius 3 is 3.14 bits per heavy atom. The van der Waals surface area contributed by atoms with Crippen molar-refractivity contribution >= 4 is 34.9 Å². The summed E-state index contributed by atoms with van der Waals surface area (Å²) in [5.41, 5.74) is 7.23. The van der Waals surface area contributed by atoms with E-state index in [9.17, 15) is 9.90 Å². The van der Waals surface area contributed by atoms with Crippen molar-refractivity contribution in [3.63, 3.8) is 0 Å². The summed E-state index contributed by atoms with van der Waals surface area (Å²) in [5, 5.41) is 12.9. The maximum absolute atomic E-state index is 12.4. The minimum Gasteiger partial charge on any atom is -0.390 e. The number of H-pyrrole nitrogens is 1. The number of nitrogens with one attached hydrogen (secondary N) is 2. The molecule has 3 atom stereocenters. The molecule has 152 valence electrons. The fourth-order valence-corrected chi connectivity index (χ4v) is 3.08. The third-order valence-corrected chi connectivity index (χ3v) is 4.43. The molecule has 13 heteroatoms. The van der Waals surface area contributed by atoms with Gasteiger partial charge in [-0.1, -0.05) is 0 Å². The van der Waals surface area contributed by atoms with Gasteiger partial charge < -0.3 is 25.4 Å². The predicted octanol–water partition coefficient (Wildman–Crippen LogP) is -0.678. The molecular weight excluding hydrogens is 382 g/mol. The van der Waals surface area contributed by atoms with Gasteiger partial charge in [-0.15, -0.1) is 0 Å². The minimum absolute atomic E-state index is 0.00995. The molecular formula is C16H19N9O4. The Bertz CT molecular complexity index is 1030. The Balaban J connectivity index is 1.65. The van der Waals surface area contributed by atoms with Gasteiger partial charge in [-0.3, -0.25) is 14.7 Å². The molecule has 0 aliphatic carbocycles. The number of imidazole rings is 2. The molecule has 0 spiro atoms. The number of rotatable bonds is 6. The number of amides is 1. The summed E-state index contributed by atoms with van der Waals surface area (Å²) >= 11 is 0. The van der Waals surface area contributed by atoms with Gasteiger partial charge in [0.1, 0.15) is 18.7 Å². The first kappa shape index (κ1) is 18.9. The average molecular weight is 401 g/mol. The Kier molecular flexibility index (Phi) is 5.18. The minimum atomic E-state index is -0.816. The van der Waals surface area contributed by atoms with E-state index < -0.39 is 24.3 Å². The van der Waals surface area contributed by atoms with Crippen molar-refractivity contribution in [3.05, 3.63) is 30.6 Å². The number of aromatic amines is 1. The normalized spacial score (nSPS) is 21.9. The van der Waals surface area contributed by atoms with Crippen molar-refractivity contribution in [2.75, 3.05) is 17.7 Å². The van der Waals surface area contributed by atoms with Gasteiger partial charge in [0.2, 0.25) is 5.95 Å². The number of nitrogen functional groups attached to an aromatic ring is 1. The van der Waals surface area contributed by atoms with Gasteiger partial charge in [-0.05, 0) is 6.08 Å². The molecule has 0 aromatic carbocycles. The summed E-state index contributed by atoms with van der Waals surface area (Å²) in [6.07, 6.45) is 5.34. The molecule has 13 nitrogen and oxygen atoms in total. The lowest BCUT2D eigenvalue weighted by Gasteiger charge is -2.16. The van der Waals surface area contributed by atoms with E-state index in [1.54, 1.807) is 16.8 Å². The first-order valence-corrected chi connectivity index (χ1v) is 8.68. The van der Waals surface area contributed by atoms with Crippen LogP contribution in [0.5, 0.6) is 0 Å². The number of hydrogen-bond acceptors (Lipinski definition) is 10. The standard InChI is InChI=1S/C16H19N9O4/c17-14-13-15(22-7-21-14)25(12-3-9(26)10(29-12)5-28-18)16(24-13)23-11(27)2-1-8-4-19-6-20-8/h1-2,4,6-7,9-10,12,26H,3,5,18H2,(H,19,20)(H2,17,21,22)(H,23,24,27)/b2-1+. The van der Waals surface area contributed by atoms with Crippen LogP contribution in [-0.4, -0.2) is 59.3 Å². The summed E-state index contributed by atoms with van der Waals surface area (Å²) in [6.45, 7) is 0.00995. The Morgan fingerprint density at radius 1 is 1.52 bits per heavy atom. The van der Waals surface area contributed by atoms with Crippen LogP contribution in [0, 0.1) is 0 Å². The number of ether oxygens (including phenoxy) is 1. The van der Waals surface area contributed by atoms with Crippen LogP contribution in [0.2, 0.25) is 0 Å². The maximum atomic E-state index is 12.4. The quantitative estimate of drug-likeness (QED) is 0.261. The van der Waals surface area contributed by atoms with E-state index in [1.165, 1.54) is 18.7 Å². The van der Waals surface area contributed by atoms with Gasteiger partial charge in [0.25, 0.3) is 5.91 Å². The number of aromatic nitrogens is 6. The van der Waals surface area contributed by atoms with Crippen LogP contribution in [0.3, 0.4) is 0 Å². The smallest absolute Gasteiger partial charge is 0.250 e. The van der Waals surface area contributed by atoms with Gasteiger partial charge in [-0.25, -0.2) is 25.8 Å². The number of aliphatic hydroxyl groups is 1. The Hall–Kier alpha value is -3.39. The van der Waals surface area contributed by atoms with E-state index in [0.29, 0.717) is 16.9 Å². The van der Waals surface area contributed by atoms with Crippen LogP contribution in [0.4, 0.5) is 11.8 Å². The lowest BCUT2D eigenvalue weighted by Crippen LogP contribution is -2.27. The second kappa shape index (κ2) is 7.92. The topological polar surface area (TPSA) is 192 Å². The van der Waals surface area contributed by atoms with Crippen molar-refractivity contribution < 1.29 is 19.5 Å². The van der Waals surface area contributed by atoms with E-state index >= 15 is 0 Å². The highest BCUT2D eigenvalue weighted by Crippen LogP contribution is 2.34.